The minimum atomic E-state index is -0.584. The molecule has 0 atom stereocenters. The molecule has 1 rings (SSSR count). The van der Waals surface area contributed by atoms with Crippen LogP contribution in [0, 0.1) is 0 Å². The van der Waals surface area contributed by atoms with Crippen molar-refractivity contribution in [3.05, 3.63) is 0 Å². The summed E-state index contributed by atoms with van der Waals surface area (Å²) < 4.78 is 0. The van der Waals surface area contributed by atoms with E-state index in [-0.39, 0.29) is 5.91 Å². The smallest absolute Gasteiger partial charge is 0.237 e. The van der Waals surface area contributed by atoms with Gasteiger partial charge < -0.3 is 16.0 Å². The molecule has 0 saturated carbocycles. The molecule has 1 amide bonds. The molecule has 0 aromatic heterocycles. The third-order valence-corrected chi connectivity index (χ3v) is 2.81. The highest BCUT2D eigenvalue weighted by atomic mass is 16.1. The highest BCUT2D eigenvalue weighted by Gasteiger charge is 2.23. The standard InChI is InChI=1S/C10H21N3O/c1-10(2,9(11)14)12-5-8-13-6-3-4-7-13/h12H,3-8H2,1-2H3,(H2,11,14). The van der Waals surface area contributed by atoms with Gasteiger partial charge in [-0.15, -0.1) is 0 Å². The van der Waals surface area contributed by atoms with E-state index in [9.17, 15) is 4.79 Å². The maximum atomic E-state index is 11.0. The van der Waals surface area contributed by atoms with E-state index in [4.69, 9.17) is 5.73 Å². The van der Waals surface area contributed by atoms with Crippen LogP contribution in [0.5, 0.6) is 0 Å². The average molecular weight is 199 g/mol. The zero-order chi connectivity index (χ0) is 10.6. The van der Waals surface area contributed by atoms with Crippen LogP contribution in [-0.4, -0.2) is 42.5 Å². The van der Waals surface area contributed by atoms with Crippen molar-refractivity contribution in [1.29, 1.82) is 0 Å². The molecule has 14 heavy (non-hydrogen) atoms. The Morgan fingerprint density at radius 3 is 2.50 bits per heavy atom. The first-order valence-electron chi connectivity index (χ1n) is 5.30. The van der Waals surface area contributed by atoms with Crippen molar-refractivity contribution in [3.8, 4) is 0 Å². The van der Waals surface area contributed by atoms with Crippen LogP contribution in [0.3, 0.4) is 0 Å². The van der Waals surface area contributed by atoms with Crippen molar-refractivity contribution < 1.29 is 4.79 Å². The lowest BCUT2D eigenvalue weighted by Gasteiger charge is -2.24. The van der Waals surface area contributed by atoms with E-state index < -0.39 is 5.54 Å². The quantitative estimate of drug-likeness (QED) is 0.652. The molecule has 1 aliphatic heterocycles. The normalized spacial score (nSPS) is 18.7. The monoisotopic (exact) mass is 199 g/mol. The van der Waals surface area contributed by atoms with Crippen molar-refractivity contribution in [1.82, 2.24) is 10.2 Å². The van der Waals surface area contributed by atoms with Crippen LogP contribution in [0.1, 0.15) is 26.7 Å². The third-order valence-electron chi connectivity index (χ3n) is 2.81. The molecule has 1 saturated heterocycles. The van der Waals surface area contributed by atoms with Gasteiger partial charge in [-0.2, -0.15) is 0 Å². The van der Waals surface area contributed by atoms with Gasteiger partial charge in [0.1, 0.15) is 0 Å². The zero-order valence-corrected chi connectivity index (χ0v) is 9.18. The molecule has 1 fully saturated rings. The minimum Gasteiger partial charge on any atom is -0.368 e. The van der Waals surface area contributed by atoms with Gasteiger partial charge in [0.2, 0.25) is 5.91 Å². The van der Waals surface area contributed by atoms with Crippen LogP contribution >= 0.6 is 0 Å². The van der Waals surface area contributed by atoms with E-state index in [1.54, 1.807) is 0 Å². The van der Waals surface area contributed by atoms with E-state index in [1.165, 1.54) is 25.9 Å². The first-order chi connectivity index (χ1) is 6.52. The predicted molar refractivity (Wildman–Crippen MR) is 57.0 cm³/mol. The highest BCUT2D eigenvalue weighted by molar-refractivity contribution is 5.83. The van der Waals surface area contributed by atoms with E-state index in [1.807, 2.05) is 13.8 Å². The number of amides is 1. The Bertz CT molecular complexity index is 198. The Morgan fingerprint density at radius 2 is 2.00 bits per heavy atom. The molecule has 0 aromatic carbocycles. The number of likely N-dealkylation sites (tertiary alicyclic amines) is 1. The maximum Gasteiger partial charge on any atom is 0.237 e. The molecule has 0 unspecified atom stereocenters. The largest absolute Gasteiger partial charge is 0.368 e. The lowest BCUT2D eigenvalue weighted by molar-refractivity contribution is -0.123. The van der Waals surface area contributed by atoms with Crippen LogP contribution in [0.25, 0.3) is 0 Å². The van der Waals surface area contributed by atoms with Crippen molar-refractivity contribution in [2.75, 3.05) is 26.2 Å². The fourth-order valence-corrected chi connectivity index (χ4v) is 1.62. The SMILES string of the molecule is CC(C)(NCCN1CCCC1)C(N)=O. The van der Waals surface area contributed by atoms with Gasteiger partial charge in [-0.25, -0.2) is 0 Å². The second kappa shape index (κ2) is 4.75. The number of carbonyl (C=O) groups is 1. The second-order valence-electron chi connectivity index (χ2n) is 4.46. The molecule has 3 N–H and O–H groups in total. The predicted octanol–water partition coefficient (Wildman–Crippen LogP) is -0.0643. The molecule has 4 nitrogen and oxygen atoms in total. The summed E-state index contributed by atoms with van der Waals surface area (Å²) in [7, 11) is 0. The molecule has 0 bridgehead atoms. The van der Waals surface area contributed by atoms with E-state index in [0.29, 0.717) is 0 Å². The van der Waals surface area contributed by atoms with E-state index in [0.717, 1.165) is 13.1 Å². The lowest BCUT2D eigenvalue weighted by Crippen LogP contribution is -2.52. The lowest BCUT2D eigenvalue weighted by atomic mass is 10.1. The van der Waals surface area contributed by atoms with Crippen molar-refractivity contribution in [2.24, 2.45) is 5.73 Å². The number of rotatable bonds is 5. The maximum absolute atomic E-state index is 11.0. The minimum absolute atomic E-state index is 0.293. The molecular weight excluding hydrogens is 178 g/mol. The average Bonchev–Trinajstić information content (AvgIpc) is 2.56. The van der Waals surface area contributed by atoms with Crippen LogP contribution in [0.15, 0.2) is 0 Å². The number of nitrogens with zero attached hydrogens (tertiary/aromatic N) is 1. The van der Waals surface area contributed by atoms with E-state index in [2.05, 4.69) is 10.2 Å². The summed E-state index contributed by atoms with van der Waals surface area (Å²) in [4.78, 5) is 13.4. The van der Waals surface area contributed by atoms with Gasteiger partial charge in [-0.3, -0.25) is 4.79 Å². The van der Waals surface area contributed by atoms with Crippen LogP contribution in [0.4, 0.5) is 0 Å². The fourth-order valence-electron chi connectivity index (χ4n) is 1.62. The number of carbonyl (C=O) groups excluding carboxylic acids is 1. The molecule has 1 aliphatic rings. The Morgan fingerprint density at radius 1 is 1.43 bits per heavy atom. The first kappa shape index (κ1) is 11.5. The van der Waals surface area contributed by atoms with Gasteiger partial charge in [0.05, 0.1) is 5.54 Å². The summed E-state index contributed by atoms with van der Waals surface area (Å²) >= 11 is 0. The molecular formula is C10H21N3O. The van der Waals surface area contributed by atoms with E-state index >= 15 is 0 Å². The molecule has 0 aromatic rings. The summed E-state index contributed by atoms with van der Waals surface area (Å²) in [5, 5.41) is 3.17. The number of nitrogens with two attached hydrogens (primary N) is 1. The molecule has 0 spiro atoms. The summed E-state index contributed by atoms with van der Waals surface area (Å²) in [6.07, 6.45) is 2.61. The summed E-state index contributed by atoms with van der Waals surface area (Å²) in [6.45, 7) is 7.86. The Balaban J connectivity index is 2.16. The number of primary amides is 1. The molecule has 82 valence electrons. The second-order valence-corrected chi connectivity index (χ2v) is 4.46. The Labute approximate surface area is 85.8 Å². The van der Waals surface area contributed by atoms with Crippen LogP contribution < -0.4 is 11.1 Å². The van der Waals surface area contributed by atoms with Gasteiger partial charge in [0.15, 0.2) is 0 Å². The topological polar surface area (TPSA) is 58.4 Å². The number of nitrogens with one attached hydrogen (secondary N) is 1. The molecule has 1 heterocycles. The zero-order valence-electron chi connectivity index (χ0n) is 9.18. The number of hydrogen-bond donors (Lipinski definition) is 2. The van der Waals surface area contributed by atoms with Crippen LogP contribution in [-0.2, 0) is 4.79 Å². The summed E-state index contributed by atoms with van der Waals surface area (Å²) in [5.41, 5.74) is 4.67. The summed E-state index contributed by atoms with van der Waals surface area (Å²) in [6, 6.07) is 0. The van der Waals surface area contributed by atoms with Crippen LogP contribution in [0.2, 0.25) is 0 Å². The van der Waals surface area contributed by atoms with Crippen molar-refractivity contribution in [3.63, 3.8) is 0 Å². The first-order valence-corrected chi connectivity index (χ1v) is 5.30. The summed E-state index contributed by atoms with van der Waals surface area (Å²) in [5.74, 6) is -0.293. The molecule has 0 aliphatic carbocycles. The Hall–Kier alpha value is -0.610. The fraction of sp³-hybridized carbons (Fsp3) is 0.900. The highest BCUT2D eigenvalue weighted by Crippen LogP contribution is 2.06. The number of hydrogen-bond acceptors (Lipinski definition) is 3. The van der Waals surface area contributed by atoms with Gasteiger partial charge in [0.25, 0.3) is 0 Å². The third kappa shape index (κ3) is 3.27. The van der Waals surface area contributed by atoms with Crippen molar-refractivity contribution in [2.45, 2.75) is 32.2 Å². The Kier molecular flexibility index (Phi) is 3.89. The van der Waals surface area contributed by atoms with Crippen molar-refractivity contribution >= 4 is 5.91 Å². The van der Waals surface area contributed by atoms with Gasteiger partial charge in [-0.05, 0) is 39.8 Å². The molecule has 0 radical (unpaired) electrons. The van der Waals surface area contributed by atoms with Gasteiger partial charge in [-0.1, -0.05) is 0 Å². The van der Waals surface area contributed by atoms with Gasteiger partial charge in [0, 0.05) is 13.1 Å². The molecule has 4 heteroatoms. The van der Waals surface area contributed by atoms with Gasteiger partial charge >= 0.3 is 0 Å².